The molecule has 0 spiro atoms. The molecule has 0 bridgehead atoms. The van der Waals surface area contributed by atoms with Crippen molar-refractivity contribution in [1.82, 2.24) is 25.5 Å². The molecule has 1 aromatic heterocycles. The molecular weight excluding hydrogens is 586 g/mol. The van der Waals surface area contributed by atoms with Gasteiger partial charge in [-0.25, -0.2) is 4.79 Å². The molecule has 1 fully saturated rings. The van der Waals surface area contributed by atoms with Crippen LogP contribution >= 0.6 is 0 Å². The van der Waals surface area contributed by atoms with Gasteiger partial charge >= 0.3 is 5.69 Å². The van der Waals surface area contributed by atoms with Gasteiger partial charge in [-0.2, -0.15) is 0 Å². The molecule has 3 amide bonds. The van der Waals surface area contributed by atoms with Crippen LogP contribution in [0.4, 0.5) is 0 Å². The van der Waals surface area contributed by atoms with E-state index in [0.29, 0.717) is 5.56 Å². The third-order valence-corrected chi connectivity index (χ3v) is 7.44. The van der Waals surface area contributed by atoms with Gasteiger partial charge in [0.25, 0.3) is 5.56 Å². The molecule has 3 aromatic rings. The third kappa shape index (κ3) is 9.18. The van der Waals surface area contributed by atoms with E-state index in [2.05, 4.69) is 20.9 Å². The van der Waals surface area contributed by atoms with Gasteiger partial charge in [0, 0.05) is 31.0 Å². The van der Waals surface area contributed by atoms with E-state index in [1.165, 1.54) is 13.1 Å². The number of aryl methyl sites for hydroxylation is 1. The summed E-state index contributed by atoms with van der Waals surface area (Å²) in [6.07, 6.45) is -2.39. The number of H-pyrrole nitrogens is 1. The van der Waals surface area contributed by atoms with Crippen LogP contribution in [0.2, 0.25) is 0 Å². The quantitative estimate of drug-likeness (QED) is 0.122. The Balaban J connectivity index is 1.54. The van der Waals surface area contributed by atoms with Crippen LogP contribution in [0.25, 0.3) is 0 Å². The zero-order chi connectivity index (χ0) is 32.5. The summed E-state index contributed by atoms with van der Waals surface area (Å²) in [5, 5.41) is 37.9. The van der Waals surface area contributed by atoms with E-state index < -0.39 is 78.7 Å². The van der Waals surface area contributed by atoms with Crippen LogP contribution in [-0.2, 0) is 38.5 Å². The second-order valence-corrected chi connectivity index (χ2v) is 10.9. The van der Waals surface area contributed by atoms with Crippen molar-refractivity contribution >= 4 is 17.7 Å². The summed E-state index contributed by atoms with van der Waals surface area (Å²) in [6, 6.07) is 14.4. The first-order valence-electron chi connectivity index (χ1n) is 14.4. The average Bonchev–Trinajstić information content (AvgIpc) is 3.01. The fourth-order valence-electron chi connectivity index (χ4n) is 4.99. The Kier molecular flexibility index (Phi) is 11.4. The smallest absolute Gasteiger partial charge is 0.328 e. The first-order valence-corrected chi connectivity index (χ1v) is 14.4. The minimum Gasteiger partial charge on any atom is -0.394 e. The maximum Gasteiger partial charge on any atom is 0.328 e. The topological polar surface area (TPSA) is 212 Å². The number of hydrogen-bond acceptors (Lipinski definition) is 9. The third-order valence-electron chi connectivity index (χ3n) is 7.44. The molecule has 7 N–H and O–H groups in total. The summed E-state index contributed by atoms with van der Waals surface area (Å²) in [4.78, 5) is 66.4. The zero-order valence-corrected chi connectivity index (χ0v) is 24.6. The molecule has 4 rings (SSSR count). The number of rotatable bonds is 12. The van der Waals surface area contributed by atoms with Crippen molar-refractivity contribution in [3.05, 3.63) is 104 Å². The summed E-state index contributed by atoms with van der Waals surface area (Å²) in [5.41, 5.74) is 0.303. The SMILES string of the molecule is Cc1cn(CC(=O)NC(Cc2ccccc2)C(=O)NC(Cc2ccccc2)C(=O)NC2CC(O)C(CO)OC2O)c(=O)[nH]c1=O. The molecule has 6 unspecified atom stereocenters. The normalized spacial score (nSPS) is 20.9. The fourth-order valence-corrected chi connectivity index (χ4v) is 4.99. The van der Waals surface area contributed by atoms with Gasteiger partial charge in [0.15, 0.2) is 6.29 Å². The second kappa shape index (κ2) is 15.4. The molecular formula is C31H37N5O9. The fraction of sp³-hybridized carbons (Fsp3) is 0.387. The number of ether oxygens (including phenoxy) is 1. The lowest BCUT2D eigenvalue weighted by Crippen LogP contribution is -2.60. The van der Waals surface area contributed by atoms with E-state index in [4.69, 9.17) is 4.74 Å². The van der Waals surface area contributed by atoms with E-state index in [9.17, 15) is 39.3 Å². The molecule has 6 atom stereocenters. The van der Waals surface area contributed by atoms with Gasteiger partial charge in [-0.1, -0.05) is 60.7 Å². The van der Waals surface area contributed by atoms with Gasteiger partial charge in [0.2, 0.25) is 17.7 Å². The van der Waals surface area contributed by atoms with Crippen molar-refractivity contribution in [1.29, 1.82) is 0 Å². The predicted octanol–water partition coefficient (Wildman–Crippen LogP) is -1.75. The van der Waals surface area contributed by atoms with E-state index in [0.717, 1.165) is 10.1 Å². The van der Waals surface area contributed by atoms with Gasteiger partial charge < -0.3 is 36.0 Å². The summed E-state index contributed by atoms with van der Waals surface area (Å²) < 4.78 is 6.24. The largest absolute Gasteiger partial charge is 0.394 e. The molecule has 0 aliphatic carbocycles. The van der Waals surface area contributed by atoms with E-state index >= 15 is 0 Å². The highest BCUT2D eigenvalue weighted by molar-refractivity contribution is 5.92. The number of aromatic amines is 1. The van der Waals surface area contributed by atoms with Crippen LogP contribution < -0.4 is 27.2 Å². The van der Waals surface area contributed by atoms with E-state index in [-0.39, 0.29) is 24.8 Å². The highest BCUT2D eigenvalue weighted by atomic mass is 16.6. The first kappa shape index (κ1) is 33.3. The number of nitrogens with one attached hydrogen (secondary N) is 4. The Morgan fingerprint density at radius 2 is 1.51 bits per heavy atom. The lowest BCUT2D eigenvalue weighted by Gasteiger charge is -2.37. The molecule has 1 saturated heterocycles. The molecule has 0 radical (unpaired) electrons. The number of aliphatic hydroxyl groups is 3. The van der Waals surface area contributed by atoms with Gasteiger partial charge in [0.1, 0.15) is 24.7 Å². The van der Waals surface area contributed by atoms with Crippen LogP contribution in [0.3, 0.4) is 0 Å². The summed E-state index contributed by atoms with van der Waals surface area (Å²) >= 11 is 0. The number of carbonyl (C=O) groups is 3. The summed E-state index contributed by atoms with van der Waals surface area (Å²) in [7, 11) is 0. The molecule has 2 heterocycles. The maximum atomic E-state index is 13.7. The van der Waals surface area contributed by atoms with Gasteiger partial charge in [-0.3, -0.25) is 28.7 Å². The van der Waals surface area contributed by atoms with Crippen LogP contribution in [0, 0.1) is 6.92 Å². The standard InChI is InChI=1S/C31H37N5O9/c1-18-15-36(31(44)35-27(18)40)16-26(39)32-21(12-19-8-4-2-5-9-19)28(41)33-22(13-20-10-6-3-7-11-20)29(42)34-23-14-24(38)25(17-37)45-30(23)43/h2-11,15,21-25,30,37-38,43H,12-14,16-17H2,1H3,(H,32,39)(H,33,41)(H,34,42)(H,35,40,44). The number of benzene rings is 2. The Morgan fingerprint density at radius 3 is 2.09 bits per heavy atom. The van der Waals surface area contributed by atoms with E-state index in [1.807, 2.05) is 0 Å². The molecule has 14 nitrogen and oxygen atoms in total. The number of amides is 3. The molecule has 14 heteroatoms. The first-order chi connectivity index (χ1) is 21.5. The summed E-state index contributed by atoms with van der Waals surface area (Å²) in [5.74, 6) is -2.04. The van der Waals surface area contributed by atoms with Crippen molar-refractivity contribution in [3.63, 3.8) is 0 Å². The van der Waals surface area contributed by atoms with Gasteiger partial charge in [-0.05, 0) is 18.1 Å². The van der Waals surface area contributed by atoms with Crippen molar-refractivity contribution in [2.24, 2.45) is 0 Å². The Morgan fingerprint density at radius 1 is 0.933 bits per heavy atom. The summed E-state index contributed by atoms with van der Waals surface area (Å²) in [6.45, 7) is 0.497. The molecule has 2 aromatic carbocycles. The van der Waals surface area contributed by atoms with Gasteiger partial charge in [0.05, 0.1) is 18.8 Å². The number of nitrogens with zero attached hydrogens (tertiary/aromatic N) is 1. The Labute approximate surface area is 258 Å². The van der Waals surface area contributed by atoms with Crippen molar-refractivity contribution < 1.29 is 34.4 Å². The molecule has 240 valence electrons. The highest BCUT2D eigenvalue weighted by Gasteiger charge is 2.38. The zero-order valence-electron chi connectivity index (χ0n) is 24.6. The molecule has 1 aliphatic rings. The maximum absolute atomic E-state index is 13.7. The number of hydrogen-bond donors (Lipinski definition) is 7. The molecule has 1 aliphatic heterocycles. The average molecular weight is 624 g/mol. The number of carbonyl (C=O) groups excluding carboxylic acids is 3. The minimum atomic E-state index is -1.51. The van der Waals surface area contributed by atoms with Crippen LogP contribution in [-0.4, -0.2) is 85.8 Å². The van der Waals surface area contributed by atoms with E-state index in [1.54, 1.807) is 60.7 Å². The van der Waals surface area contributed by atoms with Gasteiger partial charge in [-0.15, -0.1) is 0 Å². The van der Waals surface area contributed by atoms with Crippen molar-refractivity contribution in [2.75, 3.05) is 6.61 Å². The van der Waals surface area contributed by atoms with Crippen LogP contribution in [0.5, 0.6) is 0 Å². The molecule has 0 saturated carbocycles. The lowest BCUT2D eigenvalue weighted by atomic mass is 9.99. The van der Waals surface area contributed by atoms with Crippen LogP contribution in [0.1, 0.15) is 23.1 Å². The lowest BCUT2D eigenvalue weighted by molar-refractivity contribution is -0.221. The minimum absolute atomic E-state index is 0.0571. The Hall–Kier alpha value is -4.63. The Bertz CT molecular complexity index is 1580. The number of aliphatic hydroxyl groups excluding tert-OH is 3. The predicted molar refractivity (Wildman–Crippen MR) is 161 cm³/mol. The number of aromatic nitrogens is 2. The monoisotopic (exact) mass is 623 g/mol. The van der Waals surface area contributed by atoms with Crippen molar-refractivity contribution in [3.8, 4) is 0 Å². The highest BCUT2D eigenvalue weighted by Crippen LogP contribution is 2.19. The van der Waals surface area contributed by atoms with Crippen LogP contribution in [0.15, 0.2) is 76.4 Å². The van der Waals surface area contributed by atoms with Crippen molar-refractivity contribution in [2.45, 2.75) is 69.4 Å². The molecule has 45 heavy (non-hydrogen) atoms. The second-order valence-electron chi connectivity index (χ2n) is 10.9.